The fourth-order valence-corrected chi connectivity index (χ4v) is 2.02. The minimum atomic E-state index is 0.554. The summed E-state index contributed by atoms with van der Waals surface area (Å²) >= 11 is 0. The molecule has 1 aromatic rings. The lowest BCUT2D eigenvalue weighted by atomic mass is 9.99. The maximum absolute atomic E-state index is 4.11. The number of aromatic nitrogens is 1. The van der Waals surface area contributed by atoms with Crippen molar-refractivity contribution in [2.24, 2.45) is 5.92 Å². The quantitative estimate of drug-likeness (QED) is 0.708. The highest BCUT2D eigenvalue weighted by Gasteiger charge is 2.22. The van der Waals surface area contributed by atoms with Gasteiger partial charge in [-0.25, -0.2) is 0 Å². The number of nitrogens with one attached hydrogen (secondary N) is 1. The van der Waals surface area contributed by atoms with Crippen molar-refractivity contribution in [1.82, 2.24) is 10.3 Å². The lowest BCUT2D eigenvalue weighted by Crippen LogP contribution is -2.14. The van der Waals surface area contributed by atoms with Gasteiger partial charge in [-0.3, -0.25) is 4.98 Å². The van der Waals surface area contributed by atoms with Crippen LogP contribution in [0.2, 0.25) is 0 Å². The zero-order valence-corrected chi connectivity index (χ0v) is 8.25. The van der Waals surface area contributed by atoms with Crippen LogP contribution in [0.5, 0.6) is 0 Å². The zero-order valence-electron chi connectivity index (χ0n) is 8.25. The van der Waals surface area contributed by atoms with Crippen LogP contribution in [-0.2, 0) is 0 Å². The fourth-order valence-electron chi connectivity index (χ4n) is 2.02. The molecule has 0 aliphatic carbocycles. The Balaban J connectivity index is 2.21. The largest absolute Gasteiger partial charge is 0.310 e. The van der Waals surface area contributed by atoms with E-state index in [-0.39, 0.29) is 0 Å². The van der Waals surface area contributed by atoms with Crippen molar-refractivity contribution < 1.29 is 0 Å². The molecule has 0 radical (unpaired) electrons. The van der Waals surface area contributed by atoms with Crippen molar-refractivity contribution in [1.29, 1.82) is 0 Å². The maximum atomic E-state index is 4.11. The number of pyridine rings is 1. The minimum Gasteiger partial charge on any atom is -0.310 e. The highest BCUT2D eigenvalue weighted by molar-refractivity contribution is 5.26. The van der Waals surface area contributed by atoms with Crippen LogP contribution in [0, 0.1) is 12.8 Å². The summed E-state index contributed by atoms with van der Waals surface area (Å²) in [6.45, 7) is 5.57. The Kier molecular flexibility index (Phi) is 2.32. The lowest BCUT2D eigenvalue weighted by Gasteiger charge is -2.12. The molecule has 2 nitrogen and oxygen atoms in total. The van der Waals surface area contributed by atoms with E-state index in [4.69, 9.17) is 0 Å². The van der Waals surface area contributed by atoms with Crippen LogP contribution in [0.4, 0.5) is 0 Å². The van der Waals surface area contributed by atoms with Crippen LogP contribution in [-0.4, -0.2) is 11.5 Å². The van der Waals surface area contributed by atoms with E-state index in [1.54, 1.807) is 0 Å². The lowest BCUT2D eigenvalue weighted by molar-refractivity contribution is 0.609. The van der Waals surface area contributed by atoms with Gasteiger partial charge in [0.25, 0.3) is 0 Å². The van der Waals surface area contributed by atoms with Crippen LogP contribution >= 0.6 is 0 Å². The molecule has 2 heteroatoms. The predicted octanol–water partition coefficient (Wildman–Crippen LogP) is 2.06. The molecule has 0 bridgehead atoms. The number of aryl methyl sites for hydroxylation is 1. The van der Waals surface area contributed by atoms with Crippen molar-refractivity contribution in [3.05, 3.63) is 29.6 Å². The highest BCUT2D eigenvalue weighted by Crippen LogP contribution is 2.27. The highest BCUT2D eigenvalue weighted by atomic mass is 14.9. The van der Waals surface area contributed by atoms with E-state index in [0.717, 1.165) is 12.5 Å². The first-order chi connectivity index (χ1) is 6.27. The second-order valence-corrected chi connectivity index (χ2v) is 4.03. The first-order valence-electron chi connectivity index (χ1n) is 4.91. The molecular weight excluding hydrogens is 160 g/mol. The van der Waals surface area contributed by atoms with Crippen LogP contribution < -0.4 is 5.32 Å². The van der Waals surface area contributed by atoms with Gasteiger partial charge >= 0.3 is 0 Å². The number of hydrogen-bond donors (Lipinski definition) is 1. The molecule has 2 heterocycles. The minimum absolute atomic E-state index is 0.554. The third-order valence-corrected chi connectivity index (χ3v) is 2.79. The van der Waals surface area contributed by atoms with Crippen molar-refractivity contribution in [2.45, 2.75) is 26.3 Å². The molecule has 1 aliphatic rings. The normalized spacial score (nSPS) is 27.8. The van der Waals surface area contributed by atoms with E-state index in [1.165, 1.54) is 17.5 Å². The van der Waals surface area contributed by atoms with E-state index in [2.05, 4.69) is 30.2 Å². The van der Waals surface area contributed by atoms with Crippen molar-refractivity contribution in [3.63, 3.8) is 0 Å². The SMILES string of the molecule is Cc1cnccc1[C@H]1C[C@@H](C)CN1. The van der Waals surface area contributed by atoms with Gasteiger partial charge in [0.2, 0.25) is 0 Å². The van der Waals surface area contributed by atoms with Crippen molar-refractivity contribution >= 4 is 0 Å². The molecule has 1 N–H and O–H groups in total. The average Bonchev–Trinajstić information content (AvgIpc) is 2.53. The Morgan fingerprint density at radius 1 is 1.54 bits per heavy atom. The Morgan fingerprint density at radius 2 is 2.38 bits per heavy atom. The molecule has 0 aromatic carbocycles. The fraction of sp³-hybridized carbons (Fsp3) is 0.545. The molecule has 1 saturated heterocycles. The van der Waals surface area contributed by atoms with E-state index in [1.807, 2.05) is 12.4 Å². The number of rotatable bonds is 1. The average molecular weight is 176 g/mol. The summed E-state index contributed by atoms with van der Waals surface area (Å²) in [6, 6.07) is 2.68. The maximum Gasteiger partial charge on any atom is 0.0327 e. The first-order valence-corrected chi connectivity index (χ1v) is 4.91. The molecule has 0 spiro atoms. The van der Waals surface area contributed by atoms with E-state index in [9.17, 15) is 0 Å². The predicted molar refractivity (Wildman–Crippen MR) is 53.5 cm³/mol. The molecule has 1 fully saturated rings. The Bertz CT molecular complexity index is 296. The standard InChI is InChI=1S/C11H16N2/c1-8-5-11(13-6-8)10-3-4-12-7-9(10)2/h3-4,7-8,11,13H,5-6H2,1-2H3/t8-,11-/m1/s1. The summed E-state index contributed by atoms with van der Waals surface area (Å²) in [4.78, 5) is 4.11. The summed E-state index contributed by atoms with van der Waals surface area (Å²) < 4.78 is 0. The van der Waals surface area contributed by atoms with Gasteiger partial charge in [-0.2, -0.15) is 0 Å². The third kappa shape index (κ3) is 1.73. The molecule has 2 rings (SSSR count). The Labute approximate surface area is 79.4 Å². The molecule has 0 unspecified atom stereocenters. The summed E-state index contributed by atoms with van der Waals surface area (Å²) in [5.41, 5.74) is 2.72. The molecule has 0 amide bonds. The molecule has 70 valence electrons. The zero-order chi connectivity index (χ0) is 9.26. The van der Waals surface area contributed by atoms with Crippen LogP contribution in [0.15, 0.2) is 18.5 Å². The smallest absolute Gasteiger partial charge is 0.0327 e. The Morgan fingerprint density at radius 3 is 3.00 bits per heavy atom. The van der Waals surface area contributed by atoms with E-state index in [0.29, 0.717) is 6.04 Å². The van der Waals surface area contributed by atoms with Gasteiger partial charge < -0.3 is 5.32 Å². The van der Waals surface area contributed by atoms with Crippen LogP contribution in [0.25, 0.3) is 0 Å². The van der Waals surface area contributed by atoms with Crippen molar-refractivity contribution in [3.8, 4) is 0 Å². The summed E-state index contributed by atoms with van der Waals surface area (Å²) in [7, 11) is 0. The van der Waals surface area contributed by atoms with E-state index >= 15 is 0 Å². The number of nitrogens with zero attached hydrogens (tertiary/aromatic N) is 1. The second kappa shape index (κ2) is 3.46. The van der Waals surface area contributed by atoms with Gasteiger partial charge in [0, 0.05) is 18.4 Å². The van der Waals surface area contributed by atoms with E-state index < -0.39 is 0 Å². The van der Waals surface area contributed by atoms with Gasteiger partial charge in [0.15, 0.2) is 0 Å². The van der Waals surface area contributed by atoms with Gasteiger partial charge in [-0.15, -0.1) is 0 Å². The van der Waals surface area contributed by atoms with Crippen molar-refractivity contribution in [2.75, 3.05) is 6.54 Å². The second-order valence-electron chi connectivity index (χ2n) is 4.03. The van der Waals surface area contributed by atoms with Gasteiger partial charge in [-0.1, -0.05) is 6.92 Å². The molecular formula is C11H16N2. The van der Waals surface area contributed by atoms with Gasteiger partial charge in [0.05, 0.1) is 0 Å². The van der Waals surface area contributed by atoms with Gasteiger partial charge in [0.1, 0.15) is 0 Å². The summed E-state index contributed by atoms with van der Waals surface area (Å²) in [5, 5.41) is 3.54. The monoisotopic (exact) mass is 176 g/mol. The van der Waals surface area contributed by atoms with Gasteiger partial charge in [-0.05, 0) is 43.0 Å². The molecule has 1 aromatic heterocycles. The molecule has 1 aliphatic heterocycles. The summed E-state index contributed by atoms with van der Waals surface area (Å²) in [5.74, 6) is 0.803. The first kappa shape index (κ1) is 8.70. The Hall–Kier alpha value is -0.890. The third-order valence-electron chi connectivity index (χ3n) is 2.79. The van der Waals surface area contributed by atoms with Crippen LogP contribution in [0.1, 0.15) is 30.5 Å². The molecule has 2 atom stereocenters. The molecule has 0 saturated carbocycles. The topological polar surface area (TPSA) is 24.9 Å². The van der Waals surface area contributed by atoms with Crippen LogP contribution in [0.3, 0.4) is 0 Å². The number of hydrogen-bond acceptors (Lipinski definition) is 2. The molecule has 13 heavy (non-hydrogen) atoms. The summed E-state index contributed by atoms with van der Waals surface area (Å²) in [6.07, 6.45) is 5.08.